The fraction of sp³-hybridized carbons (Fsp3) is 0.130. The van der Waals surface area contributed by atoms with Crippen LogP contribution in [0, 0.1) is 0 Å². The average Bonchev–Trinajstić information content (AvgIpc) is 3.31. The quantitative estimate of drug-likeness (QED) is 0.150. The predicted octanol–water partition coefficient (Wildman–Crippen LogP) is 5.70. The highest BCUT2D eigenvalue weighted by Crippen LogP contribution is 2.35. The average molecular weight is 576 g/mol. The number of ether oxygens (including phenoxy) is 1. The summed E-state index contributed by atoms with van der Waals surface area (Å²) in [5, 5.41) is 24.7. The Bertz CT molecular complexity index is 1340. The highest BCUT2D eigenvalue weighted by Gasteiger charge is 2.10. The molecule has 4 aromatic rings. The van der Waals surface area contributed by atoms with Crippen molar-refractivity contribution in [3.63, 3.8) is 0 Å². The summed E-state index contributed by atoms with van der Waals surface area (Å²) in [6.45, 7) is 0. The van der Waals surface area contributed by atoms with Gasteiger partial charge in [0.2, 0.25) is 0 Å². The van der Waals surface area contributed by atoms with Gasteiger partial charge in [0.15, 0.2) is 20.2 Å². The SMILES string of the molecule is COc1cc(/C=N/NC(=O)CSc2nnc(SCc3cccc4ccccc34)s2)cc(Br)c1O. The van der Waals surface area contributed by atoms with Crippen LogP contribution in [0.5, 0.6) is 11.5 Å². The number of fused-ring (bicyclic) bond motifs is 1. The van der Waals surface area contributed by atoms with Crippen molar-refractivity contribution in [3.05, 3.63) is 70.2 Å². The molecule has 4 rings (SSSR count). The van der Waals surface area contributed by atoms with Crippen LogP contribution in [0.1, 0.15) is 11.1 Å². The summed E-state index contributed by atoms with van der Waals surface area (Å²) in [7, 11) is 1.46. The molecule has 0 unspecified atom stereocenters. The van der Waals surface area contributed by atoms with Gasteiger partial charge in [-0.25, -0.2) is 5.43 Å². The highest BCUT2D eigenvalue weighted by molar-refractivity contribution is 9.10. The summed E-state index contributed by atoms with van der Waals surface area (Å²) in [6, 6.07) is 17.9. The van der Waals surface area contributed by atoms with E-state index in [9.17, 15) is 9.90 Å². The monoisotopic (exact) mass is 574 g/mol. The van der Waals surface area contributed by atoms with E-state index in [1.165, 1.54) is 52.8 Å². The van der Waals surface area contributed by atoms with Crippen molar-refractivity contribution in [1.82, 2.24) is 15.6 Å². The normalized spacial score (nSPS) is 11.2. The number of nitrogens with one attached hydrogen (secondary N) is 1. The third kappa shape index (κ3) is 6.29. The van der Waals surface area contributed by atoms with Gasteiger partial charge in [0, 0.05) is 5.75 Å². The van der Waals surface area contributed by atoms with E-state index < -0.39 is 0 Å². The molecule has 1 heterocycles. The zero-order valence-corrected chi connectivity index (χ0v) is 21.9. The number of rotatable bonds is 9. The number of carbonyl (C=O) groups is 1. The minimum atomic E-state index is -0.258. The number of benzene rings is 3. The Labute approximate surface area is 217 Å². The van der Waals surface area contributed by atoms with Gasteiger partial charge in [-0.15, -0.1) is 10.2 Å². The maximum atomic E-state index is 12.1. The second-order valence-corrected chi connectivity index (χ2v) is 11.2. The van der Waals surface area contributed by atoms with Crippen LogP contribution in [0.4, 0.5) is 0 Å². The molecule has 174 valence electrons. The summed E-state index contributed by atoms with van der Waals surface area (Å²) >= 11 is 7.67. The molecule has 7 nitrogen and oxygen atoms in total. The summed E-state index contributed by atoms with van der Waals surface area (Å²) in [4.78, 5) is 12.1. The molecule has 2 N–H and O–H groups in total. The molecule has 0 aliphatic heterocycles. The van der Waals surface area contributed by atoms with Crippen molar-refractivity contribution < 1.29 is 14.6 Å². The molecule has 1 aromatic heterocycles. The van der Waals surface area contributed by atoms with Gasteiger partial charge >= 0.3 is 0 Å². The number of hydrogen-bond donors (Lipinski definition) is 2. The zero-order valence-electron chi connectivity index (χ0n) is 17.9. The Morgan fingerprint density at radius 1 is 1.18 bits per heavy atom. The lowest BCUT2D eigenvalue weighted by Gasteiger charge is -2.06. The molecule has 0 aliphatic carbocycles. The van der Waals surface area contributed by atoms with E-state index in [4.69, 9.17) is 4.74 Å². The van der Waals surface area contributed by atoms with E-state index in [0.29, 0.717) is 15.8 Å². The Morgan fingerprint density at radius 2 is 1.94 bits per heavy atom. The van der Waals surface area contributed by atoms with Gasteiger partial charge in [0.1, 0.15) is 0 Å². The third-order valence-electron chi connectivity index (χ3n) is 4.62. The van der Waals surface area contributed by atoms with Crippen LogP contribution in [-0.4, -0.2) is 40.3 Å². The van der Waals surface area contributed by atoms with Gasteiger partial charge in [-0.05, 0) is 50.0 Å². The van der Waals surface area contributed by atoms with Gasteiger partial charge < -0.3 is 9.84 Å². The molecule has 0 bridgehead atoms. The van der Waals surface area contributed by atoms with E-state index in [0.717, 1.165) is 14.4 Å². The number of hydrogen-bond acceptors (Lipinski definition) is 9. The zero-order chi connectivity index (χ0) is 23.9. The lowest BCUT2D eigenvalue weighted by Crippen LogP contribution is -2.19. The summed E-state index contributed by atoms with van der Waals surface area (Å²) < 4.78 is 7.16. The molecular weight excluding hydrogens is 556 g/mol. The molecule has 11 heteroatoms. The maximum absolute atomic E-state index is 12.1. The Hall–Kier alpha value is -2.60. The van der Waals surface area contributed by atoms with Crippen LogP contribution in [0.25, 0.3) is 10.8 Å². The summed E-state index contributed by atoms with van der Waals surface area (Å²) in [5.74, 6) is 1.03. The molecule has 0 saturated heterocycles. The van der Waals surface area contributed by atoms with Crippen LogP contribution >= 0.6 is 50.8 Å². The first kappa shape index (κ1) is 24.5. The molecule has 3 aromatic carbocycles. The largest absolute Gasteiger partial charge is 0.503 e. The Balaban J connectivity index is 1.26. The molecule has 0 fully saturated rings. The van der Waals surface area contributed by atoms with Crippen molar-refractivity contribution in [2.75, 3.05) is 12.9 Å². The van der Waals surface area contributed by atoms with Gasteiger partial charge in [-0.3, -0.25) is 4.79 Å². The van der Waals surface area contributed by atoms with Gasteiger partial charge in [-0.1, -0.05) is 77.3 Å². The molecule has 0 saturated carbocycles. The van der Waals surface area contributed by atoms with Crippen molar-refractivity contribution in [1.29, 1.82) is 0 Å². The second-order valence-electron chi connectivity index (χ2n) is 6.90. The minimum absolute atomic E-state index is 0.00629. The molecular formula is C23H19BrN4O3S3. The molecule has 1 amide bonds. The Morgan fingerprint density at radius 3 is 2.76 bits per heavy atom. The number of aromatic hydroxyl groups is 1. The number of thioether (sulfide) groups is 2. The van der Waals surface area contributed by atoms with Crippen molar-refractivity contribution in [2.24, 2.45) is 5.10 Å². The minimum Gasteiger partial charge on any atom is -0.503 e. The van der Waals surface area contributed by atoms with Crippen molar-refractivity contribution in [2.45, 2.75) is 14.4 Å². The highest BCUT2D eigenvalue weighted by atomic mass is 79.9. The Kier molecular flexibility index (Phi) is 8.44. The van der Waals surface area contributed by atoms with E-state index in [1.54, 1.807) is 23.9 Å². The number of halogens is 1. The number of phenols is 1. The summed E-state index contributed by atoms with van der Waals surface area (Å²) in [6.07, 6.45) is 1.47. The van der Waals surface area contributed by atoms with Crippen molar-refractivity contribution >= 4 is 73.7 Å². The number of methoxy groups -OCH3 is 1. The first-order valence-electron chi connectivity index (χ1n) is 9.97. The molecule has 34 heavy (non-hydrogen) atoms. The lowest BCUT2D eigenvalue weighted by molar-refractivity contribution is -0.118. The smallest absolute Gasteiger partial charge is 0.250 e. The molecule has 0 spiro atoms. The topological polar surface area (TPSA) is 96.7 Å². The van der Waals surface area contributed by atoms with Crippen LogP contribution in [0.3, 0.4) is 0 Å². The van der Waals surface area contributed by atoms with Crippen LogP contribution in [0.15, 0.2) is 72.9 Å². The van der Waals surface area contributed by atoms with Gasteiger partial charge in [0.25, 0.3) is 5.91 Å². The van der Waals surface area contributed by atoms with E-state index >= 15 is 0 Å². The number of carbonyl (C=O) groups excluding carboxylic acids is 1. The molecule has 0 atom stereocenters. The van der Waals surface area contributed by atoms with Gasteiger partial charge in [-0.2, -0.15) is 5.10 Å². The van der Waals surface area contributed by atoms with E-state index in [1.807, 2.05) is 12.1 Å². The number of nitrogens with zero attached hydrogens (tertiary/aromatic N) is 3. The third-order valence-corrected chi connectivity index (χ3v) is 8.46. The number of hydrazone groups is 1. The van der Waals surface area contributed by atoms with Crippen LogP contribution in [0.2, 0.25) is 0 Å². The number of aromatic nitrogens is 2. The maximum Gasteiger partial charge on any atom is 0.250 e. The standard InChI is InChI=1S/C23H19BrN4O3S3/c1-31-19-10-14(9-18(24)21(19)30)11-25-26-20(29)13-33-23-28-27-22(34-23)32-12-16-7-4-6-15-5-2-3-8-17(15)16/h2-11,30H,12-13H2,1H3,(H,26,29)/b25-11+. The van der Waals surface area contributed by atoms with Crippen LogP contribution in [-0.2, 0) is 10.5 Å². The van der Waals surface area contributed by atoms with Crippen LogP contribution < -0.4 is 10.2 Å². The number of phenolic OH excluding ortho intramolecular Hbond substituents is 1. The first-order valence-corrected chi connectivity index (χ1v) is 13.6. The summed E-state index contributed by atoms with van der Waals surface area (Å²) in [5.41, 5.74) is 4.40. The van der Waals surface area contributed by atoms with Gasteiger partial charge in [0.05, 0.1) is 23.5 Å². The molecule has 0 radical (unpaired) electrons. The van der Waals surface area contributed by atoms with Crippen molar-refractivity contribution in [3.8, 4) is 11.5 Å². The van der Waals surface area contributed by atoms with E-state index in [2.05, 4.69) is 67.0 Å². The lowest BCUT2D eigenvalue weighted by atomic mass is 10.1. The first-order chi connectivity index (χ1) is 16.5. The predicted molar refractivity (Wildman–Crippen MR) is 142 cm³/mol. The molecule has 0 aliphatic rings. The second kappa shape index (κ2) is 11.7. The van der Waals surface area contributed by atoms with E-state index in [-0.39, 0.29) is 17.4 Å². The fourth-order valence-electron chi connectivity index (χ4n) is 3.03. The number of amides is 1. The fourth-order valence-corrected chi connectivity index (χ4v) is 6.31.